The van der Waals surface area contributed by atoms with Crippen molar-refractivity contribution in [2.75, 3.05) is 24.7 Å². The highest BCUT2D eigenvalue weighted by molar-refractivity contribution is 8.00. The third kappa shape index (κ3) is 8.60. The summed E-state index contributed by atoms with van der Waals surface area (Å²) in [5.41, 5.74) is 1.27. The van der Waals surface area contributed by atoms with E-state index in [0.29, 0.717) is 63.9 Å². The average molecular weight is 706 g/mol. The van der Waals surface area contributed by atoms with Crippen LogP contribution in [0.25, 0.3) is 5.76 Å². The van der Waals surface area contributed by atoms with Crippen molar-refractivity contribution in [3.05, 3.63) is 94.8 Å². The van der Waals surface area contributed by atoms with Gasteiger partial charge in [0.2, 0.25) is 5.13 Å². The Morgan fingerprint density at radius 3 is 2.39 bits per heavy atom. The summed E-state index contributed by atoms with van der Waals surface area (Å²) in [6.45, 7) is 7.50. The van der Waals surface area contributed by atoms with Gasteiger partial charge in [-0.1, -0.05) is 80.5 Å². The number of carbonyl (C=O) groups excluding carboxylic acids is 2. The number of unbranched alkanes of at least 4 members (excludes halogenated alkanes) is 3. The number of aromatic nitrogens is 2. The molecule has 1 aromatic heterocycles. The second-order valence-electron chi connectivity index (χ2n) is 11.3. The normalized spacial score (nSPS) is 15.5. The number of aliphatic hydroxyl groups excluding tert-OH is 1. The number of thioether (sulfide) groups is 1. The van der Waals surface area contributed by atoms with Crippen LogP contribution in [-0.4, -0.2) is 46.8 Å². The smallest absolute Gasteiger partial charge is 0.301 e. The molecule has 49 heavy (non-hydrogen) atoms. The fourth-order valence-electron chi connectivity index (χ4n) is 5.27. The van der Waals surface area contributed by atoms with Crippen molar-refractivity contribution in [1.82, 2.24) is 10.2 Å². The predicted octanol–water partition coefficient (Wildman–Crippen LogP) is 8.74. The minimum atomic E-state index is -1.05. The van der Waals surface area contributed by atoms with E-state index in [4.69, 9.17) is 14.2 Å². The van der Waals surface area contributed by atoms with E-state index in [0.717, 1.165) is 43.4 Å². The highest BCUT2D eigenvalue weighted by Crippen LogP contribution is 2.46. The number of hydrogen-bond acceptors (Lipinski definition) is 10. The number of ketones is 1. The molecule has 1 aliphatic rings. The van der Waals surface area contributed by atoms with Gasteiger partial charge in [-0.2, -0.15) is 0 Å². The van der Waals surface area contributed by atoms with Crippen LogP contribution in [0, 0.1) is 5.82 Å². The van der Waals surface area contributed by atoms with Crippen molar-refractivity contribution in [3.63, 3.8) is 0 Å². The number of aliphatic hydroxyl groups is 1. The first kappa shape index (κ1) is 35.9. The van der Waals surface area contributed by atoms with Gasteiger partial charge in [-0.3, -0.25) is 14.5 Å². The summed E-state index contributed by atoms with van der Waals surface area (Å²) in [5.74, 6) is -0.443. The second-order valence-corrected chi connectivity index (χ2v) is 13.5. The first-order valence-electron chi connectivity index (χ1n) is 16.5. The summed E-state index contributed by atoms with van der Waals surface area (Å²) in [7, 11) is 0. The van der Waals surface area contributed by atoms with Gasteiger partial charge in [0.25, 0.3) is 5.78 Å². The molecule has 258 valence electrons. The molecule has 0 aliphatic carbocycles. The molecule has 1 N–H and O–H groups in total. The molecule has 3 aromatic carbocycles. The third-order valence-corrected chi connectivity index (χ3v) is 9.94. The molecule has 1 atom stereocenters. The molecule has 12 heteroatoms. The average Bonchev–Trinajstić information content (AvgIpc) is 3.68. The molecule has 0 saturated carbocycles. The molecule has 2 heterocycles. The minimum absolute atomic E-state index is 0.0977. The van der Waals surface area contributed by atoms with Gasteiger partial charge in [0.1, 0.15) is 17.3 Å². The molecule has 9 nitrogen and oxygen atoms in total. The van der Waals surface area contributed by atoms with E-state index in [1.165, 1.54) is 22.7 Å². The van der Waals surface area contributed by atoms with Crippen LogP contribution in [0.1, 0.15) is 75.6 Å². The molecular weight excluding hydrogens is 666 g/mol. The van der Waals surface area contributed by atoms with E-state index in [2.05, 4.69) is 24.0 Å². The minimum Gasteiger partial charge on any atom is -0.507 e. The molecule has 1 amide bonds. The Morgan fingerprint density at radius 2 is 1.65 bits per heavy atom. The maximum absolute atomic E-state index is 14.3. The lowest BCUT2D eigenvalue weighted by atomic mass is 9.95. The number of Topliss-reactive ketones (excluding diaryl/α,β-unsaturated/α-hetero) is 1. The number of hydrogen-bond donors (Lipinski definition) is 1. The number of amides is 1. The maximum atomic E-state index is 14.3. The highest BCUT2D eigenvalue weighted by atomic mass is 32.2. The third-order valence-electron chi connectivity index (χ3n) is 7.84. The van der Waals surface area contributed by atoms with Gasteiger partial charge in [-0.15, -0.1) is 10.2 Å². The van der Waals surface area contributed by atoms with Crippen molar-refractivity contribution in [2.45, 2.75) is 69.0 Å². The topological polar surface area (TPSA) is 111 Å². The fourth-order valence-corrected chi connectivity index (χ4v) is 7.13. The maximum Gasteiger partial charge on any atom is 0.301 e. The summed E-state index contributed by atoms with van der Waals surface area (Å²) in [5, 5.41) is 20.3. The monoisotopic (exact) mass is 705 g/mol. The van der Waals surface area contributed by atoms with Gasteiger partial charge in [0.05, 0.1) is 31.4 Å². The molecule has 1 aliphatic heterocycles. The lowest BCUT2D eigenvalue weighted by Crippen LogP contribution is -2.29. The van der Waals surface area contributed by atoms with E-state index < -0.39 is 17.7 Å². The zero-order valence-corrected chi connectivity index (χ0v) is 29.4. The van der Waals surface area contributed by atoms with Crippen molar-refractivity contribution in [1.29, 1.82) is 0 Å². The lowest BCUT2D eigenvalue weighted by molar-refractivity contribution is -0.132. The number of halogens is 1. The van der Waals surface area contributed by atoms with E-state index in [9.17, 15) is 19.1 Å². The summed E-state index contributed by atoms with van der Waals surface area (Å²) in [6, 6.07) is 17.4. The quantitative estimate of drug-likeness (QED) is 0.0288. The van der Waals surface area contributed by atoms with Crippen molar-refractivity contribution in [3.8, 4) is 17.2 Å². The molecule has 4 aromatic rings. The van der Waals surface area contributed by atoms with Crippen LogP contribution in [0.4, 0.5) is 9.52 Å². The molecule has 1 saturated heterocycles. The zero-order chi connectivity index (χ0) is 34.8. The first-order chi connectivity index (χ1) is 23.9. The Morgan fingerprint density at radius 1 is 0.898 bits per heavy atom. The Bertz CT molecular complexity index is 1780. The summed E-state index contributed by atoms with van der Waals surface area (Å²) < 4.78 is 32.5. The molecular formula is C37H40FN3O6S2. The number of carbonyl (C=O) groups is 2. The molecule has 5 rings (SSSR count). The van der Waals surface area contributed by atoms with Crippen LogP contribution in [0.5, 0.6) is 17.2 Å². The van der Waals surface area contributed by atoms with Gasteiger partial charge in [-0.05, 0) is 73.4 Å². The Balaban J connectivity index is 1.53. The first-order valence-corrected chi connectivity index (χ1v) is 18.3. The summed E-state index contributed by atoms with van der Waals surface area (Å²) >= 11 is 2.38. The van der Waals surface area contributed by atoms with Crippen LogP contribution in [-0.2, 0) is 15.3 Å². The highest BCUT2D eigenvalue weighted by Gasteiger charge is 2.48. The predicted molar refractivity (Wildman–Crippen MR) is 190 cm³/mol. The van der Waals surface area contributed by atoms with E-state index >= 15 is 0 Å². The molecule has 1 unspecified atom stereocenters. The van der Waals surface area contributed by atoms with E-state index in [1.807, 2.05) is 6.92 Å². The standard InChI is InChI=1S/C37H40FN3O6S2/c1-4-7-11-21-47-29-19-16-25(22-30(29)45-6-3)32-31(33(42)24-14-17-27(18-15-24)46-20-8-5-2)34(43)35(44)41(32)36-39-40-37(49-36)48-23-26-12-9-10-13-28(26)38/h9-10,12-19,22,32,42H,4-8,11,20-21,23H2,1-3H3/b33-31+. The van der Waals surface area contributed by atoms with Crippen LogP contribution in [0.2, 0.25) is 0 Å². The van der Waals surface area contributed by atoms with E-state index in [1.54, 1.807) is 60.7 Å². The number of anilines is 1. The Hall–Kier alpha value is -4.42. The molecule has 0 radical (unpaired) electrons. The van der Waals surface area contributed by atoms with Crippen molar-refractivity contribution >= 4 is 45.7 Å². The van der Waals surface area contributed by atoms with Crippen LogP contribution in [0.15, 0.2) is 76.6 Å². The van der Waals surface area contributed by atoms with Crippen LogP contribution >= 0.6 is 23.1 Å². The van der Waals surface area contributed by atoms with Gasteiger partial charge >= 0.3 is 5.91 Å². The number of ether oxygens (including phenoxy) is 3. The van der Waals surface area contributed by atoms with Crippen LogP contribution in [0.3, 0.4) is 0 Å². The fraction of sp³-hybridized carbons (Fsp3) is 0.351. The lowest BCUT2D eigenvalue weighted by Gasteiger charge is -2.23. The van der Waals surface area contributed by atoms with Gasteiger partial charge in [0, 0.05) is 11.3 Å². The Kier molecular flexibility index (Phi) is 12.7. The van der Waals surface area contributed by atoms with Gasteiger partial charge in [0.15, 0.2) is 15.8 Å². The van der Waals surface area contributed by atoms with Crippen molar-refractivity contribution in [2.24, 2.45) is 0 Å². The molecule has 1 fully saturated rings. The second kappa shape index (κ2) is 17.3. The number of rotatable bonds is 17. The summed E-state index contributed by atoms with van der Waals surface area (Å²) in [4.78, 5) is 28.8. The van der Waals surface area contributed by atoms with Gasteiger partial charge < -0.3 is 19.3 Å². The number of benzene rings is 3. The van der Waals surface area contributed by atoms with Crippen LogP contribution < -0.4 is 19.1 Å². The van der Waals surface area contributed by atoms with Gasteiger partial charge in [-0.25, -0.2) is 4.39 Å². The number of nitrogens with zero attached hydrogens (tertiary/aromatic N) is 3. The Labute approximate surface area is 294 Å². The largest absolute Gasteiger partial charge is 0.507 e. The molecule has 0 spiro atoms. The zero-order valence-electron chi connectivity index (χ0n) is 27.8. The SMILES string of the molecule is CCCCCOc1ccc(C2/C(=C(\O)c3ccc(OCCCC)cc3)C(=O)C(=O)N2c2nnc(SCc3ccccc3F)s2)cc1OCC. The molecule has 0 bridgehead atoms. The summed E-state index contributed by atoms with van der Waals surface area (Å²) in [6.07, 6.45) is 4.89. The van der Waals surface area contributed by atoms with Crippen molar-refractivity contribution < 1.29 is 33.3 Å². The van der Waals surface area contributed by atoms with E-state index in [-0.39, 0.29) is 22.3 Å².